The molecule has 1 aliphatic heterocycles. The summed E-state index contributed by atoms with van der Waals surface area (Å²) in [7, 11) is 0. The van der Waals surface area contributed by atoms with Gasteiger partial charge in [0.1, 0.15) is 0 Å². The molecule has 86 valence electrons. The lowest BCUT2D eigenvalue weighted by molar-refractivity contribution is 0.0375. The highest BCUT2D eigenvalue weighted by Crippen LogP contribution is 2.45. The van der Waals surface area contributed by atoms with E-state index in [-0.39, 0.29) is 17.9 Å². The maximum atomic E-state index is 6.21. The molecule has 0 spiro atoms. The van der Waals surface area contributed by atoms with E-state index >= 15 is 0 Å². The number of benzene rings is 1. The fraction of sp³-hybridized carbons (Fsp3) is 0.538. The van der Waals surface area contributed by atoms with E-state index in [1.165, 1.54) is 0 Å². The molecule has 0 N–H and O–H groups in total. The van der Waals surface area contributed by atoms with E-state index in [4.69, 9.17) is 16.3 Å². The fourth-order valence-electron chi connectivity index (χ4n) is 2.18. The van der Waals surface area contributed by atoms with Crippen LogP contribution in [0.3, 0.4) is 0 Å². The average Bonchev–Trinajstić information content (AvgIpc) is 2.36. The van der Waals surface area contributed by atoms with Gasteiger partial charge in [0.2, 0.25) is 0 Å². The molecule has 1 fully saturated rings. The highest BCUT2D eigenvalue weighted by Gasteiger charge is 2.50. The average molecular weight is 237 g/mol. The van der Waals surface area contributed by atoms with Crippen molar-refractivity contribution in [2.75, 3.05) is 0 Å². The lowest BCUT2D eigenvalue weighted by Gasteiger charge is -2.34. The van der Waals surface area contributed by atoms with Gasteiger partial charge in [-0.2, -0.15) is 0 Å². The summed E-state index contributed by atoms with van der Waals surface area (Å²) in [4.78, 5) is 0. The van der Waals surface area contributed by atoms with Gasteiger partial charge in [-0.05, 0) is 37.1 Å². The molecule has 0 aliphatic carbocycles. The quantitative estimate of drug-likeness (QED) is 0.679. The molecular weight excluding hydrogens is 218 g/mol. The zero-order valence-electron chi connectivity index (χ0n) is 10.4. The molecule has 0 saturated carbocycles. The first kappa shape index (κ1) is 12.0. The van der Waals surface area contributed by atoms with Crippen LogP contribution in [0.1, 0.15) is 27.7 Å². The molecule has 1 heterocycles. The Hall–Kier alpha value is -0.465. The van der Waals surface area contributed by atoms with E-state index in [0.29, 0.717) is 0 Å². The van der Waals surface area contributed by atoms with E-state index in [1.54, 1.807) is 0 Å². The van der Waals surface area contributed by atoms with E-state index in [2.05, 4.69) is 33.8 Å². The lowest BCUT2D eigenvalue weighted by Crippen LogP contribution is -2.36. The normalized spacial score (nSPS) is 22.4. The molecule has 0 radical (unpaired) electrons. The summed E-state index contributed by atoms with van der Waals surface area (Å²) in [5, 5.41) is 0.806. The van der Waals surface area contributed by atoms with Crippen LogP contribution >= 0.6 is 11.6 Å². The molecular formula is C13H18BClO. The van der Waals surface area contributed by atoms with Gasteiger partial charge in [-0.15, -0.1) is 0 Å². The molecule has 0 unspecified atom stereocenters. The lowest BCUT2D eigenvalue weighted by atomic mass is 9.54. The van der Waals surface area contributed by atoms with Crippen molar-refractivity contribution in [3.63, 3.8) is 0 Å². The summed E-state index contributed by atoms with van der Waals surface area (Å²) in [6.07, 6.45) is 1.02. The summed E-state index contributed by atoms with van der Waals surface area (Å²) in [5.41, 5.74) is 1.19. The Labute approximate surface area is 103 Å². The van der Waals surface area contributed by atoms with Gasteiger partial charge in [0.05, 0.1) is 5.60 Å². The highest BCUT2D eigenvalue weighted by molar-refractivity contribution is 6.71. The maximum Gasteiger partial charge on any atom is 0.329 e. The van der Waals surface area contributed by atoms with Gasteiger partial charge in [-0.1, -0.05) is 43.6 Å². The second kappa shape index (κ2) is 3.78. The topological polar surface area (TPSA) is 9.23 Å². The van der Waals surface area contributed by atoms with E-state index < -0.39 is 0 Å². The second-order valence-electron chi connectivity index (χ2n) is 5.73. The Bertz CT molecular complexity index is 385. The molecule has 16 heavy (non-hydrogen) atoms. The third-order valence-electron chi connectivity index (χ3n) is 4.01. The van der Waals surface area contributed by atoms with Crippen LogP contribution in [0, 0.1) is 5.41 Å². The van der Waals surface area contributed by atoms with Crippen molar-refractivity contribution in [1.82, 2.24) is 0 Å². The number of halogens is 1. The molecule has 0 aromatic heterocycles. The van der Waals surface area contributed by atoms with Crippen LogP contribution in [-0.4, -0.2) is 12.5 Å². The summed E-state index contributed by atoms with van der Waals surface area (Å²) in [6, 6.07) is 7.96. The minimum Gasteiger partial charge on any atom is -0.425 e. The second-order valence-corrected chi connectivity index (χ2v) is 6.13. The molecule has 1 nitrogen and oxygen atoms in total. The molecule has 0 bridgehead atoms. The Morgan fingerprint density at radius 1 is 1.19 bits per heavy atom. The zero-order valence-corrected chi connectivity index (χ0v) is 11.1. The number of rotatable bonds is 1. The van der Waals surface area contributed by atoms with Crippen molar-refractivity contribution >= 4 is 24.0 Å². The zero-order chi connectivity index (χ0) is 12.0. The molecule has 0 amide bonds. The van der Waals surface area contributed by atoms with Gasteiger partial charge in [-0.3, -0.25) is 0 Å². The van der Waals surface area contributed by atoms with Crippen LogP contribution in [0.2, 0.25) is 11.3 Å². The van der Waals surface area contributed by atoms with E-state index in [0.717, 1.165) is 16.8 Å². The van der Waals surface area contributed by atoms with Crippen molar-refractivity contribution < 1.29 is 4.65 Å². The van der Waals surface area contributed by atoms with Crippen molar-refractivity contribution in [2.24, 2.45) is 5.41 Å². The van der Waals surface area contributed by atoms with Gasteiger partial charge in [-0.25, -0.2) is 0 Å². The summed E-state index contributed by atoms with van der Waals surface area (Å²) >= 11 is 6.21. The highest BCUT2D eigenvalue weighted by atomic mass is 35.5. The standard InChI is InChI=1S/C13H18BClO/c1-12(2)9-14(16-13(12,3)4)10-7-5-6-8-11(10)15/h5-8H,9H2,1-4H3. The smallest absolute Gasteiger partial charge is 0.329 e. The van der Waals surface area contributed by atoms with Gasteiger partial charge in [0, 0.05) is 5.02 Å². The Kier molecular flexibility index (Phi) is 2.84. The maximum absolute atomic E-state index is 6.21. The van der Waals surface area contributed by atoms with Crippen LogP contribution in [0.25, 0.3) is 0 Å². The van der Waals surface area contributed by atoms with Crippen molar-refractivity contribution in [3.8, 4) is 0 Å². The Balaban J connectivity index is 2.31. The van der Waals surface area contributed by atoms with Crippen LogP contribution in [0.5, 0.6) is 0 Å². The van der Waals surface area contributed by atoms with Crippen LogP contribution < -0.4 is 5.46 Å². The molecule has 1 aromatic carbocycles. The van der Waals surface area contributed by atoms with Crippen molar-refractivity contribution in [1.29, 1.82) is 0 Å². The molecule has 1 saturated heterocycles. The SMILES string of the molecule is CC1(C)CB(c2ccccc2Cl)OC1(C)C. The number of hydrogen-bond donors (Lipinski definition) is 0. The summed E-state index contributed by atoms with van der Waals surface area (Å²) in [6.45, 7) is 8.94. The van der Waals surface area contributed by atoms with Crippen LogP contribution in [-0.2, 0) is 4.65 Å². The first-order chi connectivity index (χ1) is 7.33. The first-order valence-corrected chi connectivity index (χ1v) is 6.13. The predicted octanol–water partition coefficient (Wildman–Crippen LogP) is 3.37. The molecule has 1 aromatic rings. The van der Waals surface area contributed by atoms with Crippen LogP contribution in [0.15, 0.2) is 24.3 Å². The Morgan fingerprint density at radius 2 is 1.81 bits per heavy atom. The van der Waals surface area contributed by atoms with Crippen molar-refractivity contribution in [2.45, 2.75) is 39.6 Å². The van der Waals surface area contributed by atoms with Gasteiger partial charge < -0.3 is 4.65 Å². The third kappa shape index (κ3) is 1.89. The largest absolute Gasteiger partial charge is 0.425 e. The minimum atomic E-state index is -0.100. The third-order valence-corrected chi connectivity index (χ3v) is 4.36. The monoisotopic (exact) mass is 236 g/mol. The van der Waals surface area contributed by atoms with Crippen LogP contribution in [0.4, 0.5) is 0 Å². The summed E-state index contributed by atoms with van der Waals surface area (Å²) < 4.78 is 6.15. The van der Waals surface area contributed by atoms with E-state index in [1.807, 2.05) is 18.2 Å². The number of hydrogen-bond acceptors (Lipinski definition) is 1. The van der Waals surface area contributed by atoms with Gasteiger partial charge in [0.25, 0.3) is 0 Å². The predicted molar refractivity (Wildman–Crippen MR) is 70.6 cm³/mol. The molecule has 1 aliphatic rings. The fourth-order valence-corrected chi connectivity index (χ4v) is 2.43. The molecule has 0 atom stereocenters. The van der Waals surface area contributed by atoms with Gasteiger partial charge >= 0.3 is 6.92 Å². The van der Waals surface area contributed by atoms with E-state index in [9.17, 15) is 0 Å². The molecule has 2 rings (SSSR count). The van der Waals surface area contributed by atoms with Crippen molar-refractivity contribution in [3.05, 3.63) is 29.3 Å². The Morgan fingerprint density at radius 3 is 2.31 bits per heavy atom. The minimum absolute atomic E-state index is 0.100. The first-order valence-electron chi connectivity index (χ1n) is 5.76. The van der Waals surface area contributed by atoms with Gasteiger partial charge in [0.15, 0.2) is 0 Å². The molecule has 3 heteroatoms. The summed E-state index contributed by atoms with van der Waals surface area (Å²) in [5.74, 6) is 0.